The van der Waals surface area contributed by atoms with Gasteiger partial charge in [0.05, 0.1) is 21.7 Å². The van der Waals surface area contributed by atoms with Crippen molar-refractivity contribution in [3.05, 3.63) is 59.7 Å². The second-order valence-electron chi connectivity index (χ2n) is 4.58. The Labute approximate surface area is 139 Å². The van der Waals surface area contributed by atoms with Gasteiger partial charge in [0.25, 0.3) is 0 Å². The lowest BCUT2D eigenvalue weighted by molar-refractivity contribution is -0.137. The van der Waals surface area contributed by atoms with Gasteiger partial charge in [-0.2, -0.15) is 32.0 Å². The first kappa shape index (κ1) is 18.5. The van der Waals surface area contributed by atoms with Crippen LogP contribution in [-0.4, -0.2) is 0 Å². The first-order valence-electron chi connectivity index (χ1n) is 6.10. The highest BCUT2D eigenvalue weighted by molar-refractivity contribution is 8.78. The molecular formula is C14H8F6PS2-. The topological polar surface area (TPSA) is 0 Å². The van der Waals surface area contributed by atoms with Crippen molar-refractivity contribution in [2.75, 3.05) is 0 Å². The molecule has 9 heteroatoms. The number of alkyl halides is 6. The molecule has 0 spiro atoms. The molecule has 124 valence electrons. The third kappa shape index (κ3) is 3.80. The van der Waals surface area contributed by atoms with Gasteiger partial charge in [-0.1, -0.05) is 24.3 Å². The molecule has 0 heterocycles. The fourth-order valence-corrected chi connectivity index (χ4v) is 5.84. The summed E-state index contributed by atoms with van der Waals surface area (Å²) in [6.07, 6.45) is -9.49. The lowest BCUT2D eigenvalue weighted by Crippen LogP contribution is -2.30. The first-order valence-corrected chi connectivity index (χ1v) is 9.92. The monoisotopic (exact) mass is 385 g/mol. The molecule has 0 radical (unpaired) electrons. The summed E-state index contributed by atoms with van der Waals surface area (Å²) < 4.78 is 78.8. The molecular weight excluding hydrogens is 377 g/mol. The van der Waals surface area contributed by atoms with E-state index in [0.717, 1.165) is 36.4 Å². The highest BCUT2D eigenvalue weighted by atomic mass is 33.1. The lowest BCUT2D eigenvalue weighted by Gasteiger charge is -2.42. The number of rotatable bonds is 2. The number of halogens is 6. The Morgan fingerprint density at radius 3 is 1.22 bits per heavy atom. The molecule has 2 aromatic rings. The van der Waals surface area contributed by atoms with E-state index in [1.165, 1.54) is 12.1 Å². The van der Waals surface area contributed by atoms with Gasteiger partial charge in [-0.15, -0.1) is 0 Å². The van der Waals surface area contributed by atoms with Gasteiger partial charge in [-0.05, 0) is 24.3 Å². The SMILES string of the molecule is FC(F)(F)c1ccccc1[P+]([S-])([S-])c1ccccc1C(F)(F)F. The van der Waals surface area contributed by atoms with Crippen molar-refractivity contribution in [1.29, 1.82) is 0 Å². The summed E-state index contributed by atoms with van der Waals surface area (Å²) in [6, 6.07) is 8.53. The van der Waals surface area contributed by atoms with E-state index in [9.17, 15) is 26.3 Å². The van der Waals surface area contributed by atoms with Crippen LogP contribution in [0.3, 0.4) is 0 Å². The minimum absolute atomic E-state index is 0.450. The summed E-state index contributed by atoms with van der Waals surface area (Å²) in [5, 5.41) is -0.900. The van der Waals surface area contributed by atoms with E-state index in [2.05, 4.69) is 0 Å². The van der Waals surface area contributed by atoms with E-state index in [-0.39, 0.29) is 0 Å². The van der Waals surface area contributed by atoms with Crippen LogP contribution in [0.1, 0.15) is 11.1 Å². The summed E-state index contributed by atoms with van der Waals surface area (Å²) in [5.74, 6) is 0. The van der Waals surface area contributed by atoms with E-state index in [0.29, 0.717) is 0 Å². The number of benzene rings is 2. The van der Waals surface area contributed by atoms with Gasteiger partial charge < -0.3 is 24.5 Å². The van der Waals surface area contributed by atoms with Gasteiger partial charge in [0.2, 0.25) is 0 Å². The van der Waals surface area contributed by atoms with Crippen LogP contribution in [0.5, 0.6) is 0 Å². The largest absolute Gasteiger partial charge is 0.568 e. The summed E-state index contributed by atoms with van der Waals surface area (Å²) in [4.78, 5) is 0. The van der Waals surface area contributed by atoms with Gasteiger partial charge in [0.15, 0.2) is 0 Å². The first-order chi connectivity index (χ1) is 10.5. The zero-order chi connectivity index (χ0) is 17.5. The molecule has 0 aliphatic carbocycles. The fraction of sp³-hybridized carbons (Fsp3) is 0.143. The minimum atomic E-state index is -4.74. The Balaban J connectivity index is 2.71. The third-order valence-corrected chi connectivity index (χ3v) is 7.46. The van der Waals surface area contributed by atoms with Crippen LogP contribution in [0, 0.1) is 0 Å². The van der Waals surface area contributed by atoms with Gasteiger partial charge in [-0.25, -0.2) is 0 Å². The second-order valence-corrected chi connectivity index (χ2v) is 10.6. The summed E-state index contributed by atoms with van der Waals surface area (Å²) >= 11 is 10.2. The average molecular weight is 385 g/mol. The molecule has 0 saturated heterocycles. The van der Waals surface area contributed by atoms with E-state index < -0.39 is 39.8 Å². The maximum absolute atomic E-state index is 13.1. The average Bonchev–Trinajstić information content (AvgIpc) is 2.45. The highest BCUT2D eigenvalue weighted by Gasteiger charge is 2.41. The van der Waals surface area contributed by atoms with Crippen molar-refractivity contribution in [3.63, 3.8) is 0 Å². The van der Waals surface area contributed by atoms with Crippen LogP contribution >= 0.6 is 5.67 Å². The van der Waals surface area contributed by atoms with E-state index in [1.807, 2.05) is 0 Å². The fourth-order valence-electron chi connectivity index (χ4n) is 2.07. The van der Waals surface area contributed by atoms with Gasteiger partial charge in [-0.3, -0.25) is 0 Å². The molecule has 2 rings (SSSR count). The molecule has 0 saturated carbocycles. The summed E-state index contributed by atoms with van der Waals surface area (Å²) in [6.45, 7) is 0. The Morgan fingerprint density at radius 2 is 0.913 bits per heavy atom. The van der Waals surface area contributed by atoms with Gasteiger partial charge in [0.1, 0.15) is 0 Å². The summed E-state index contributed by atoms with van der Waals surface area (Å²) in [7, 11) is 0. The van der Waals surface area contributed by atoms with E-state index in [1.54, 1.807) is 0 Å². The molecule has 0 aliphatic rings. The molecule has 2 aromatic carbocycles. The molecule has 23 heavy (non-hydrogen) atoms. The molecule has 0 fully saturated rings. The normalized spacial score (nSPS) is 13.2. The molecule has 0 amide bonds. The van der Waals surface area contributed by atoms with Crippen molar-refractivity contribution in [2.24, 2.45) is 0 Å². The second kappa shape index (κ2) is 6.22. The highest BCUT2D eigenvalue weighted by Crippen LogP contribution is 2.56. The van der Waals surface area contributed by atoms with Crippen LogP contribution in [0.4, 0.5) is 26.3 Å². The van der Waals surface area contributed by atoms with Crippen molar-refractivity contribution in [3.8, 4) is 0 Å². The molecule has 0 nitrogen and oxygen atoms in total. The van der Waals surface area contributed by atoms with E-state index >= 15 is 0 Å². The lowest BCUT2D eigenvalue weighted by atomic mass is 10.2. The molecule has 0 unspecified atom stereocenters. The molecule has 0 aliphatic heterocycles. The Hall–Kier alpha value is -0.850. The quantitative estimate of drug-likeness (QED) is 0.421. The Morgan fingerprint density at radius 1 is 0.609 bits per heavy atom. The zero-order valence-electron chi connectivity index (χ0n) is 11.2. The molecule has 0 atom stereocenters. The van der Waals surface area contributed by atoms with Crippen LogP contribution < -0.4 is 10.6 Å². The predicted molar refractivity (Wildman–Crippen MR) is 83.8 cm³/mol. The number of hydrogen-bond acceptors (Lipinski definition) is 2. The van der Waals surface area contributed by atoms with Crippen LogP contribution in [0.25, 0.3) is 0 Å². The van der Waals surface area contributed by atoms with Gasteiger partial charge >= 0.3 is 12.4 Å². The molecule has 0 aromatic heterocycles. The van der Waals surface area contributed by atoms with Crippen molar-refractivity contribution < 1.29 is 26.3 Å². The van der Waals surface area contributed by atoms with Gasteiger partial charge in [0, 0.05) is 0 Å². The van der Waals surface area contributed by atoms with Crippen molar-refractivity contribution in [1.82, 2.24) is 0 Å². The number of hydrogen-bond donors (Lipinski definition) is 0. The molecule has 0 bridgehead atoms. The standard InChI is InChI=1S/C14H9F6PS2/c15-13(16,17)9-5-1-3-7-11(9)21(22,23)12-8-4-2-6-10(12)14(18,19)20/h1-8H,(H,22,23)/p-1. The minimum Gasteiger partial charge on any atom is -0.568 e. The smallest absolute Gasteiger partial charge is 0.420 e. The third-order valence-electron chi connectivity index (χ3n) is 3.05. The van der Waals surface area contributed by atoms with Crippen LogP contribution in [0.15, 0.2) is 48.5 Å². The maximum atomic E-state index is 13.1. The Kier molecular flexibility index (Phi) is 5.00. The maximum Gasteiger partial charge on any atom is 0.420 e. The van der Waals surface area contributed by atoms with Crippen LogP contribution in [-0.2, 0) is 36.8 Å². The molecule has 0 N–H and O–H groups in total. The van der Waals surface area contributed by atoms with Crippen molar-refractivity contribution >= 4 is 40.8 Å². The predicted octanol–water partition coefficient (Wildman–Crippen LogP) is 4.62. The Bertz CT molecular complexity index is 649. The van der Waals surface area contributed by atoms with E-state index in [4.69, 9.17) is 24.5 Å². The van der Waals surface area contributed by atoms with Crippen LogP contribution in [0.2, 0.25) is 0 Å². The van der Waals surface area contributed by atoms with Crippen molar-refractivity contribution in [2.45, 2.75) is 12.4 Å². The zero-order valence-corrected chi connectivity index (χ0v) is 13.7. The summed E-state index contributed by atoms with van der Waals surface area (Å²) in [5.41, 5.74) is -5.86.